The van der Waals surface area contributed by atoms with Gasteiger partial charge in [0.2, 0.25) is 0 Å². The first kappa shape index (κ1) is 40.0. The van der Waals surface area contributed by atoms with E-state index in [1.807, 2.05) is 60.7 Å². The van der Waals surface area contributed by atoms with Gasteiger partial charge < -0.3 is 29.5 Å². The predicted octanol–water partition coefficient (Wildman–Crippen LogP) is 8.19. The molecular formula is C36H38N6NaO6P2+. The Morgan fingerprint density at radius 1 is 0.510 bits per heavy atom. The van der Waals surface area contributed by atoms with Gasteiger partial charge in [-0.25, -0.2) is 0 Å². The zero-order valence-electron chi connectivity index (χ0n) is 28.5. The van der Waals surface area contributed by atoms with Crippen LogP contribution >= 0.6 is 15.2 Å². The zero-order chi connectivity index (χ0) is 35.4. The molecule has 0 saturated carbocycles. The van der Waals surface area contributed by atoms with Crippen molar-refractivity contribution in [2.24, 2.45) is 20.5 Å². The summed E-state index contributed by atoms with van der Waals surface area (Å²) in [4.78, 5) is 21.9. The molecule has 0 aliphatic rings. The second-order valence-electron chi connectivity index (χ2n) is 10.9. The van der Waals surface area contributed by atoms with Crippen LogP contribution in [0, 0.1) is 0 Å². The number of hydrogen-bond donors (Lipinski definition) is 4. The maximum absolute atomic E-state index is 13.4. The third-order valence-corrected chi connectivity index (χ3v) is 10.7. The van der Waals surface area contributed by atoms with Crippen molar-refractivity contribution in [3.8, 4) is 0 Å². The van der Waals surface area contributed by atoms with Crippen molar-refractivity contribution in [2.45, 2.75) is 25.4 Å². The van der Waals surface area contributed by atoms with Crippen LogP contribution in [0.4, 0.5) is 34.1 Å². The van der Waals surface area contributed by atoms with Gasteiger partial charge in [-0.1, -0.05) is 60.7 Å². The Hall–Kier alpha value is -3.80. The average Bonchev–Trinajstić information content (AvgIpc) is 3.13. The molecule has 258 valence electrons. The SMILES string of the molecule is CCOP(=O)(O)C(Nc1ccc(N=Nc2ccccc2)cc1)c1ccc(C(Nc2ccc(N=Nc3ccccc3)cc2)P(=O)(O)OCC)cc1.[Na+]. The molecule has 4 N–H and O–H groups in total. The molecule has 0 aliphatic heterocycles. The van der Waals surface area contributed by atoms with Crippen LogP contribution in [0.5, 0.6) is 0 Å². The van der Waals surface area contributed by atoms with Gasteiger partial charge in [-0.3, -0.25) is 9.13 Å². The van der Waals surface area contributed by atoms with Gasteiger partial charge in [-0.2, -0.15) is 20.5 Å². The first-order chi connectivity index (χ1) is 24.2. The van der Waals surface area contributed by atoms with E-state index in [1.165, 1.54) is 0 Å². The Morgan fingerprint density at radius 2 is 0.804 bits per heavy atom. The number of nitrogens with one attached hydrogen (secondary N) is 2. The van der Waals surface area contributed by atoms with Crippen molar-refractivity contribution in [3.05, 3.63) is 145 Å². The quantitative estimate of drug-likeness (QED) is 0.0447. The summed E-state index contributed by atoms with van der Waals surface area (Å²) >= 11 is 0. The monoisotopic (exact) mass is 735 g/mol. The zero-order valence-corrected chi connectivity index (χ0v) is 32.3. The smallest absolute Gasteiger partial charge is 0.368 e. The van der Waals surface area contributed by atoms with Crippen LogP contribution < -0.4 is 40.2 Å². The summed E-state index contributed by atoms with van der Waals surface area (Å²) in [5.74, 6) is -2.30. The predicted molar refractivity (Wildman–Crippen MR) is 196 cm³/mol. The number of hydrogen-bond acceptors (Lipinski definition) is 10. The van der Waals surface area contributed by atoms with Crippen LogP contribution in [0.1, 0.15) is 36.5 Å². The fourth-order valence-electron chi connectivity index (χ4n) is 4.87. The van der Waals surface area contributed by atoms with E-state index in [4.69, 9.17) is 9.05 Å². The topological polar surface area (TPSA) is 167 Å². The van der Waals surface area contributed by atoms with Crippen LogP contribution in [-0.2, 0) is 18.2 Å². The van der Waals surface area contributed by atoms with Gasteiger partial charge in [0, 0.05) is 11.4 Å². The van der Waals surface area contributed by atoms with E-state index in [0.29, 0.717) is 45.3 Å². The van der Waals surface area contributed by atoms with Crippen molar-refractivity contribution in [1.82, 2.24) is 0 Å². The summed E-state index contributed by atoms with van der Waals surface area (Å²) in [5, 5.41) is 23.2. The third kappa shape index (κ3) is 11.6. The number of azo groups is 2. The molecule has 4 unspecified atom stereocenters. The maximum Gasteiger partial charge on any atom is 1.00 e. The first-order valence-electron chi connectivity index (χ1n) is 15.9. The van der Waals surface area contributed by atoms with Crippen LogP contribution in [0.3, 0.4) is 0 Å². The fourth-order valence-corrected chi connectivity index (χ4v) is 7.63. The molecule has 4 atom stereocenters. The van der Waals surface area contributed by atoms with E-state index >= 15 is 0 Å². The van der Waals surface area contributed by atoms with E-state index in [-0.39, 0.29) is 42.8 Å². The molecule has 0 saturated heterocycles. The molecule has 0 aromatic heterocycles. The summed E-state index contributed by atoms with van der Waals surface area (Å²) in [6, 6.07) is 39.0. The molecule has 0 radical (unpaired) electrons. The molecule has 5 rings (SSSR count). The molecule has 15 heteroatoms. The summed E-state index contributed by atoms with van der Waals surface area (Å²) < 4.78 is 37.4. The summed E-state index contributed by atoms with van der Waals surface area (Å²) in [6.07, 6.45) is 0. The van der Waals surface area contributed by atoms with Gasteiger partial charge in [-0.05, 0) is 97.8 Å². The minimum atomic E-state index is -4.24. The Balaban J connectivity index is 0.00000583. The van der Waals surface area contributed by atoms with E-state index in [9.17, 15) is 18.9 Å². The van der Waals surface area contributed by atoms with Crippen LogP contribution in [0.2, 0.25) is 0 Å². The summed E-state index contributed by atoms with van der Waals surface area (Å²) in [7, 11) is -8.47. The third-order valence-electron chi connectivity index (χ3n) is 7.26. The second-order valence-corrected chi connectivity index (χ2v) is 14.7. The molecule has 0 fully saturated rings. The molecule has 0 bridgehead atoms. The molecule has 51 heavy (non-hydrogen) atoms. The molecule has 12 nitrogen and oxygen atoms in total. The van der Waals surface area contributed by atoms with Gasteiger partial charge in [0.25, 0.3) is 0 Å². The van der Waals surface area contributed by atoms with Crippen LogP contribution in [0.25, 0.3) is 0 Å². The van der Waals surface area contributed by atoms with Crippen LogP contribution in [0.15, 0.2) is 154 Å². The largest absolute Gasteiger partial charge is 1.00 e. The number of anilines is 2. The van der Waals surface area contributed by atoms with E-state index < -0.39 is 26.8 Å². The first-order valence-corrected chi connectivity index (χ1v) is 19.2. The minimum absolute atomic E-state index is 0. The number of benzene rings is 5. The molecular weight excluding hydrogens is 697 g/mol. The summed E-state index contributed by atoms with van der Waals surface area (Å²) in [6.45, 7) is 3.31. The van der Waals surface area contributed by atoms with Crippen molar-refractivity contribution < 1.29 is 57.5 Å². The molecule has 0 heterocycles. The number of nitrogens with zero attached hydrogens (tertiary/aromatic N) is 4. The molecule has 0 aliphatic carbocycles. The molecule has 0 amide bonds. The molecule has 5 aromatic carbocycles. The number of rotatable bonds is 16. The van der Waals surface area contributed by atoms with Crippen molar-refractivity contribution in [1.29, 1.82) is 0 Å². The Kier molecular flexibility index (Phi) is 15.0. The van der Waals surface area contributed by atoms with Crippen LogP contribution in [-0.4, -0.2) is 23.0 Å². The Bertz CT molecular complexity index is 1830. The van der Waals surface area contributed by atoms with Crippen molar-refractivity contribution >= 4 is 49.3 Å². The summed E-state index contributed by atoms with van der Waals surface area (Å²) in [5.41, 5.74) is 4.59. The van der Waals surface area contributed by atoms with E-state index in [2.05, 4.69) is 31.1 Å². The minimum Gasteiger partial charge on any atom is -0.368 e. The average molecular weight is 736 g/mol. The second kappa shape index (κ2) is 19.2. The molecule has 5 aromatic rings. The van der Waals surface area contributed by atoms with Gasteiger partial charge in [0.1, 0.15) is 0 Å². The fraction of sp³-hybridized carbons (Fsp3) is 0.167. The molecule has 0 spiro atoms. The van der Waals surface area contributed by atoms with Gasteiger partial charge in [0.05, 0.1) is 36.0 Å². The Labute approximate surface area is 319 Å². The standard InChI is InChI=1S/C36H38N6O6P2.Na/c1-3-47-49(43,44)35(37-29-19-23-33(24-20-29)41-39-31-11-7-5-8-12-31)27-15-17-28(18-16-27)36(50(45,46)48-4-2)38-30-21-25-34(26-22-30)42-40-32-13-9-6-10-14-32;/h5-26,35-38H,3-4H2,1-2H3,(H,43,44)(H,45,46);/q;+1. The van der Waals surface area contributed by atoms with Gasteiger partial charge >= 0.3 is 44.7 Å². The van der Waals surface area contributed by atoms with Crippen molar-refractivity contribution in [3.63, 3.8) is 0 Å². The van der Waals surface area contributed by atoms with Crippen molar-refractivity contribution in [2.75, 3.05) is 23.8 Å². The maximum atomic E-state index is 13.4. The van der Waals surface area contributed by atoms with E-state index in [1.54, 1.807) is 86.6 Å². The Morgan fingerprint density at radius 3 is 1.10 bits per heavy atom. The van der Waals surface area contributed by atoms with Gasteiger partial charge in [0.15, 0.2) is 11.6 Å². The van der Waals surface area contributed by atoms with Gasteiger partial charge in [-0.15, -0.1) is 0 Å². The van der Waals surface area contributed by atoms with E-state index in [0.717, 1.165) is 0 Å². The normalized spacial score (nSPS) is 15.0.